The lowest BCUT2D eigenvalue weighted by molar-refractivity contribution is 0.0317. The smallest absolute Gasteiger partial charge is 0.125 e. The molecule has 1 heterocycles. The highest BCUT2D eigenvalue weighted by atomic mass is 16.5. The predicted octanol–water partition coefficient (Wildman–Crippen LogP) is 3.41. The van der Waals surface area contributed by atoms with Crippen molar-refractivity contribution >= 4 is 0 Å². The largest absolute Gasteiger partial charge is 0.497 e. The molecule has 3 rings (SSSR count). The van der Waals surface area contributed by atoms with Crippen molar-refractivity contribution in [3.05, 3.63) is 59.7 Å². The SMILES string of the molecule is COc1ccc(C(CCN2CCOCC2)Oc2cccc(C#N)c2)cc1. The van der Waals surface area contributed by atoms with Gasteiger partial charge in [-0.05, 0) is 35.9 Å². The quantitative estimate of drug-likeness (QED) is 0.764. The van der Waals surface area contributed by atoms with E-state index in [9.17, 15) is 0 Å². The molecule has 0 spiro atoms. The molecule has 0 N–H and O–H groups in total. The second kappa shape index (κ2) is 9.23. The van der Waals surface area contributed by atoms with Crippen LogP contribution in [0.4, 0.5) is 0 Å². The molecule has 2 aromatic carbocycles. The van der Waals surface area contributed by atoms with Crippen LogP contribution >= 0.6 is 0 Å². The standard InChI is InChI=1S/C21H24N2O3/c1-24-19-7-5-18(6-8-19)21(9-10-23-11-13-25-14-12-23)26-20-4-2-3-17(15-20)16-22/h2-8,15,21H,9-14H2,1H3. The normalized spacial score (nSPS) is 15.8. The van der Waals surface area contributed by atoms with Crippen LogP contribution in [0, 0.1) is 11.3 Å². The van der Waals surface area contributed by atoms with E-state index in [2.05, 4.69) is 11.0 Å². The number of morpholine rings is 1. The second-order valence-corrected chi connectivity index (χ2v) is 6.26. The van der Waals surface area contributed by atoms with E-state index in [1.807, 2.05) is 36.4 Å². The van der Waals surface area contributed by atoms with Gasteiger partial charge in [0.15, 0.2) is 0 Å². The maximum Gasteiger partial charge on any atom is 0.125 e. The van der Waals surface area contributed by atoms with Gasteiger partial charge >= 0.3 is 0 Å². The van der Waals surface area contributed by atoms with Gasteiger partial charge in [0.2, 0.25) is 0 Å². The Kier molecular flexibility index (Phi) is 6.48. The molecule has 1 unspecified atom stereocenters. The van der Waals surface area contributed by atoms with Crippen molar-refractivity contribution in [2.75, 3.05) is 40.0 Å². The summed E-state index contributed by atoms with van der Waals surface area (Å²) in [6.45, 7) is 4.44. The topological polar surface area (TPSA) is 54.7 Å². The minimum absolute atomic E-state index is 0.0855. The van der Waals surface area contributed by atoms with Crippen molar-refractivity contribution < 1.29 is 14.2 Å². The highest BCUT2D eigenvalue weighted by Gasteiger charge is 2.18. The third kappa shape index (κ3) is 4.98. The highest BCUT2D eigenvalue weighted by Crippen LogP contribution is 2.27. The number of nitriles is 1. The van der Waals surface area contributed by atoms with Crippen LogP contribution in [0.3, 0.4) is 0 Å². The fourth-order valence-electron chi connectivity index (χ4n) is 3.04. The van der Waals surface area contributed by atoms with Gasteiger partial charge in [-0.15, -0.1) is 0 Å². The Morgan fingerprint density at radius 2 is 1.88 bits per heavy atom. The van der Waals surface area contributed by atoms with Crippen LogP contribution in [0.1, 0.15) is 23.7 Å². The molecule has 0 radical (unpaired) electrons. The Hall–Kier alpha value is -2.55. The first-order valence-electron chi connectivity index (χ1n) is 8.89. The van der Waals surface area contributed by atoms with Crippen molar-refractivity contribution in [3.63, 3.8) is 0 Å². The molecule has 26 heavy (non-hydrogen) atoms. The number of rotatable bonds is 7. The summed E-state index contributed by atoms with van der Waals surface area (Å²) in [6.07, 6.45) is 0.779. The van der Waals surface area contributed by atoms with Gasteiger partial charge < -0.3 is 14.2 Å². The van der Waals surface area contributed by atoms with Gasteiger partial charge in [-0.1, -0.05) is 18.2 Å². The fourth-order valence-corrected chi connectivity index (χ4v) is 3.04. The predicted molar refractivity (Wildman–Crippen MR) is 99.4 cm³/mol. The maximum absolute atomic E-state index is 9.11. The molecule has 1 atom stereocenters. The van der Waals surface area contributed by atoms with Crippen molar-refractivity contribution in [2.45, 2.75) is 12.5 Å². The summed E-state index contributed by atoms with van der Waals surface area (Å²) < 4.78 is 16.9. The highest BCUT2D eigenvalue weighted by molar-refractivity contribution is 5.37. The van der Waals surface area contributed by atoms with Crippen LogP contribution in [0.15, 0.2) is 48.5 Å². The Bertz CT molecular complexity index is 734. The summed E-state index contributed by atoms with van der Waals surface area (Å²) in [7, 11) is 1.66. The van der Waals surface area contributed by atoms with E-state index in [0.717, 1.165) is 50.6 Å². The molecule has 1 aliphatic rings. The molecular weight excluding hydrogens is 328 g/mol. The lowest BCUT2D eigenvalue weighted by Gasteiger charge is -2.28. The molecule has 1 saturated heterocycles. The summed E-state index contributed by atoms with van der Waals surface area (Å²) in [6, 6.07) is 17.4. The third-order valence-corrected chi connectivity index (χ3v) is 4.54. The summed E-state index contributed by atoms with van der Waals surface area (Å²) in [4.78, 5) is 2.40. The molecule has 1 aliphatic heterocycles. The molecule has 136 valence electrons. The summed E-state index contributed by atoms with van der Waals surface area (Å²) in [5.74, 6) is 1.54. The van der Waals surface area contributed by atoms with Gasteiger partial charge in [0.25, 0.3) is 0 Å². The summed E-state index contributed by atoms with van der Waals surface area (Å²) >= 11 is 0. The summed E-state index contributed by atoms with van der Waals surface area (Å²) in [5, 5.41) is 9.11. The molecular formula is C21H24N2O3. The van der Waals surface area contributed by atoms with Crippen molar-refractivity contribution in [1.82, 2.24) is 4.90 Å². The molecule has 0 amide bonds. The van der Waals surface area contributed by atoms with Gasteiger partial charge in [-0.25, -0.2) is 0 Å². The van der Waals surface area contributed by atoms with Crippen LogP contribution in [0.2, 0.25) is 0 Å². The Labute approximate surface area is 154 Å². The zero-order valence-corrected chi connectivity index (χ0v) is 15.1. The molecule has 5 heteroatoms. The number of hydrogen-bond acceptors (Lipinski definition) is 5. The van der Waals surface area contributed by atoms with Crippen molar-refractivity contribution in [2.24, 2.45) is 0 Å². The van der Waals surface area contributed by atoms with E-state index in [0.29, 0.717) is 11.3 Å². The number of benzene rings is 2. The Balaban J connectivity index is 1.74. The Morgan fingerprint density at radius 1 is 1.12 bits per heavy atom. The van der Waals surface area contributed by atoms with Gasteiger partial charge in [0.05, 0.1) is 32.0 Å². The van der Waals surface area contributed by atoms with Crippen LogP contribution in [-0.4, -0.2) is 44.9 Å². The van der Waals surface area contributed by atoms with E-state index in [4.69, 9.17) is 19.5 Å². The lowest BCUT2D eigenvalue weighted by atomic mass is 10.1. The second-order valence-electron chi connectivity index (χ2n) is 6.26. The summed E-state index contributed by atoms with van der Waals surface area (Å²) in [5.41, 5.74) is 1.70. The molecule has 0 aliphatic carbocycles. The van der Waals surface area contributed by atoms with Gasteiger partial charge in [-0.2, -0.15) is 5.26 Å². The first-order valence-corrected chi connectivity index (χ1v) is 8.89. The average Bonchev–Trinajstić information content (AvgIpc) is 2.72. The van der Waals surface area contributed by atoms with E-state index in [-0.39, 0.29) is 6.10 Å². The minimum atomic E-state index is -0.0855. The van der Waals surface area contributed by atoms with Gasteiger partial charge in [0, 0.05) is 26.1 Å². The van der Waals surface area contributed by atoms with E-state index in [1.165, 1.54) is 0 Å². The average molecular weight is 352 g/mol. The maximum atomic E-state index is 9.11. The number of ether oxygens (including phenoxy) is 3. The van der Waals surface area contributed by atoms with Crippen LogP contribution in [-0.2, 0) is 4.74 Å². The van der Waals surface area contributed by atoms with Crippen molar-refractivity contribution in [1.29, 1.82) is 5.26 Å². The number of methoxy groups -OCH3 is 1. The fraction of sp³-hybridized carbons (Fsp3) is 0.381. The first-order chi connectivity index (χ1) is 12.8. The molecule has 2 aromatic rings. The third-order valence-electron chi connectivity index (χ3n) is 4.54. The first kappa shape index (κ1) is 18.2. The van der Waals surface area contributed by atoms with Crippen LogP contribution in [0.25, 0.3) is 0 Å². The lowest BCUT2D eigenvalue weighted by Crippen LogP contribution is -2.37. The Morgan fingerprint density at radius 3 is 2.58 bits per heavy atom. The van der Waals surface area contributed by atoms with Crippen LogP contribution in [0.5, 0.6) is 11.5 Å². The minimum Gasteiger partial charge on any atom is -0.497 e. The van der Waals surface area contributed by atoms with Crippen molar-refractivity contribution in [3.8, 4) is 17.6 Å². The molecule has 5 nitrogen and oxygen atoms in total. The number of nitrogens with zero attached hydrogens (tertiary/aromatic N) is 2. The number of hydrogen-bond donors (Lipinski definition) is 0. The molecule has 0 bridgehead atoms. The monoisotopic (exact) mass is 352 g/mol. The van der Waals surface area contributed by atoms with Gasteiger partial charge in [0.1, 0.15) is 17.6 Å². The van der Waals surface area contributed by atoms with E-state index >= 15 is 0 Å². The molecule has 0 aromatic heterocycles. The van der Waals surface area contributed by atoms with Gasteiger partial charge in [-0.3, -0.25) is 4.90 Å². The molecule has 0 saturated carbocycles. The van der Waals surface area contributed by atoms with E-state index < -0.39 is 0 Å². The zero-order chi connectivity index (χ0) is 18.2. The van der Waals surface area contributed by atoms with E-state index in [1.54, 1.807) is 19.2 Å². The molecule has 1 fully saturated rings. The zero-order valence-electron chi connectivity index (χ0n) is 15.1. The van der Waals surface area contributed by atoms with Crippen LogP contribution < -0.4 is 9.47 Å².